The molecular formula is C53H30O. The van der Waals surface area contributed by atoms with E-state index in [1.165, 1.54) is 109 Å². The van der Waals surface area contributed by atoms with Crippen LogP contribution in [-0.4, -0.2) is 0 Å². The van der Waals surface area contributed by atoms with Gasteiger partial charge in [0.2, 0.25) is 0 Å². The quantitative estimate of drug-likeness (QED) is 0.157. The number of ether oxygens (including phenoxy) is 1. The van der Waals surface area contributed by atoms with Gasteiger partial charge < -0.3 is 4.74 Å². The van der Waals surface area contributed by atoms with Gasteiger partial charge >= 0.3 is 0 Å². The smallest absolute Gasteiger partial charge is 0.132 e. The van der Waals surface area contributed by atoms with Gasteiger partial charge in [0.25, 0.3) is 0 Å². The van der Waals surface area contributed by atoms with Crippen molar-refractivity contribution in [1.29, 1.82) is 0 Å². The molecule has 0 radical (unpaired) electrons. The predicted octanol–water partition coefficient (Wildman–Crippen LogP) is 14.2. The Bertz CT molecular complexity index is 3330. The zero-order valence-electron chi connectivity index (χ0n) is 29.2. The number of rotatable bonds is 1. The summed E-state index contributed by atoms with van der Waals surface area (Å²) in [4.78, 5) is 0. The normalized spacial score (nSPS) is 13.9. The third kappa shape index (κ3) is 3.45. The van der Waals surface area contributed by atoms with E-state index in [1.807, 2.05) is 0 Å². The van der Waals surface area contributed by atoms with E-state index in [2.05, 4.69) is 182 Å². The van der Waals surface area contributed by atoms with E-state index in [1.54, 1.807) is 0 Å². The Balaban J connectivity index is 1.16. The number of hydrogen-bond donors (Lipinski definition) is 0. The lowest BCUT2D eigenvalue weighted by molar-refractivity contribution is 0.436. The average molecular weight is 683 g/mol. The monoisotopic (exact) mass is 682 g/mol. The molecule has 0 saturated heterocycles. The molecule has 0 saturated carbocycles. The van der Waals surface area contributed by atoms with E-state index < -0.39 is 5.41 Å². The van der Waals surface area contributed by atoms with Crippen molar-refractivity contribution in [2.75, 3.05) is 0 Å². The Morgan fingerprint density at radius 3 is 1.56 bits per heavy atom. The van der Waals surface area contributed by atoms with Crippen molar-refractivity contribution in [2.24, 2.45) is 0 Å². The first-order valence-electron chi connectivity index (χ1n) is 18.8. The van der Waals surface area contributed by atoms with Crippen LogP contribution in [0.1, 0.15) is 22.3 Å². The van der Waals surface area contributed by atoms with Gasteiger partial charge in [-0.3, -0.25) is 0 Å². The summed E-state index contributed by atoms with van der Waals surface area (Å²) in [6, 6.07) is 67.8. The zero-order valence-corrected chi connectivity index (χ0v) is 29.2. The van der Waals surface area contributed by atoms with Crippen LogP contribution in [0, 0.1) is 0 Å². The lowest BCUT2D eigenvalue weighted by Crippen LogP contribution is -2.32. The molecule has 0 unspecified atom stereocenters. The van der Waals surface area contributed by atoms with Crippen LogP contribution in [-0.2, 0) is 5.41 Å². The van der Waals surface area contributed by atoms with Crippen LogP contribution in [0.4, 0.5) is 0 Å². The van der Waals surface area contributed by atoms with Crippen LogP contribution >= 0.6 is 0 Å². The maximum Gasteiger partial charge on any atom is 0.132 e. The number of hydrogen-bond acceptors (Lipinski definition) is 1. The molecule has 0 atom stereocenters. The third-order valence-electron chi connectivity index (χ3n) is 12.6. The molecule has 54 heavy (non-hydrogen) atoms. The maximum atomic E-state index is 6.73. The molecule has 1 spiro atoms. The third-order valence-corrected chi connectivity index (χ3v) is 12.6. The zero-order chi connectivity index (χ0) is 35.1. The molecule has 0 aromatic heterocycles. The molecule has 1 aliphatic heterocycles. The van der Waals surface area contributed by atoms with Crippen LogP contribution in [0.2, 0.25) is 0 Å². The second-order valence-electron chi connectivity index (χ2n) is 15.1. The van der Waals surface area contributed by atoms with E-state index in [4.69, 9.17) is 4.74 Å². The minimum Gasteiger partial charge on any atom is -0.457 e. The molecule has 1 aliphatic carbocycles. The van der Waals surface area contributed by atoms with E-state index in [0.717, 1.165) is 11.5 Å². The van der Waals surface area contributed by atoms with Crippen LogP contribution in [0.5, 0.6) is 11.5 Å². The Labute approximate surface area is 311 Å². The summed E-state index contributed by atoms with van der Waals surface area (Å²) < 4.78 is 6.73. The van der Waals surface area contributed by atoms with Crippen LogP contribution in [0.3, 0.4) is 0 Å². The molecule has 2 aliphatic rings. The fourth-order valence-corrected chi connectivity index (χ4v) is 10.5. The van der Waals surface area contributed by atoms with E-state index in [9.17, 15) is 0 Å². The van der Waals surface area contributed by atoms with Crippen molar-refractivity contribution < 1.29 is 4.74 Å². The molecule has 11 aromatic rings. The van der Waals surface area contributed by atoms with Crippen LogP contribution < -0.4 is 4.74 Å². The minimum absolute atomic E-state index is 0.573. The van der Waals surface area contributed by atoms with Crippen molar-refractivity contribution in [3.63, 3.8) is 0 Å². The van der Waals surface area contributed by atoms with Gasteiger partial charge in [-0.05, 0) is 128 Å². The van der Waals surface area contributed by atoms with Crippen molar-refractivity contribution in [3.05, 3.63) is 204 Å². The summed E-state index contributed by atoms with van der Waals surface area (Å²) in [5.41, 5.74) is 9.46. The summed E-state index contributed by atoms with van der Waals surface area (Å²) in [6.45, 7) is 0. The topological polar surface area (TPSA) is 9.23 Å². The Morgan fingerprint density at radius 1 is 0.315 bits per heavy atom. The van der Waals surface area contributed by atoms with Crippen LogP contribution in [0.25, 0.3) is 86.9 Å². The molecule has 1 heterocycles. The van der Waals surface area contributed by atoms with Gasteiger partial charge in [0.05, 0.1) is 5.41 Å². The number of benzene rings is 11. The van der Waals surface area contributed by atoms with E-state index in [-0.39, 0.29) is 0 Å². The summed E-state index contributed by atoms with van der Waals surface area (Å²) in [5, 5.41) is 15.6. The van der Waals surface area contributed by atoms with Crippen molar-refractivity contribution in [1.82, 2.24) is 0 Å². The SMILES string of the molecule is c1ccc2c(c1)Oc1ccccc1C21c2cc(-c3ccc4c5ccccc5c5ccccc5c4c3)ccc2-c2c1cc1ccc3cccc4ccc2c1c34. The summed E-state index contributed by atoms with van der Waals surface area (Å²) >= 11 is 0. The van der Waals surface area contributed by atoms with Crippen molar-refractivity contribution in [2.45, 2.75) is 5.41 Å². The first-order valence-corrected chi connectivity index (χ1v) is 18.8. The molecule has 248 valence electrons. The first-order chi connectivity index (χ1) is 26.8. The highest BCUT2D eigenvalue weighted by atomic mass is 16.5. The second kappa shape index (κ2) is 10.1. The van der Waals surface area contributed by atoms with E-state index in [0.29, 0.717) is 0 Å². The van der Waals surface area contributed by atoms with Gasteiger partial charge in [-0.25, -0.2) is 0 Å². The molecule has 0 fully saturated rings. The lowest BCUT2D eigenvalue weighted by Gasteiger charge is -2.39. The van der Waals surface area contributed by atoms with Gasteiger partial charge in [-0.15, -0.1) is 0 Å². The highest BCUT2D eigenvalue weighted by Crippen LogP contribution is 2.64. The molecule has 11 aromatic carbocycles. The Morgan fingerprint density at radius 2 is 0.852 bits per heavy atom. The van der Waals surface area contributed by atoms with Gasteiger partial charge in [0, 0.05) is 11.1 Å². The first kappa shape index (κ1) is 28.6. The molecular weight excluding hydrogens is 653 g/mol. The number of para-hydroxylation sites is 2. The second-order valence-corrected chi connectivity index (χ2v) is 15.1. The van der Waals surface area contributed by atoms with Gasteiger partial charge in [-0.1, -0.05) is 152 Å². The molecule has 0 amide bonds. The Kier molecular flexibility index (Phi) is 5.36. The fourth-order valence-electron chi connectivity index (χ4n) is 10.5. The highest BCUT2D eigenvalue weighted by Gasteiger charge is 2.51. The minimum atomic E-state index is -0.573. The molecule has 1 heteroatoms. The van der Waals surface area contributed by atoms with Gasteiger partial charge in [-0.2, -0.15) is 0 Å². The van der Waals surface area contributed by atoms with Crippen LogP contribution in [0.15, 0.2) is 182 Å². The van der Waals surface area contributed by atoms with Gasteiger partial charge in [0.15, 0.2) is 0 Å². The van der Waals surface area contributed by atoms with E-state index >= 15 is 0 Å². The largest absolute Gasteiger partial charge is 0.457 e. The molecule has 1 nitrogen and oxygen atoms in total. The summed E-state index contributed by atoms with van der Waals surface area (Å²) in [7, 11) is 0. The molecule has 0 bridgehead atoms. The summed E-state index contributed by atoms with van der Waals surface area (Å²) in [5.74, 6) is 1.82. The maximum absolute atomic E-state index is 6.73. The van der Waals surface area contributed by atoms with Crippen molar-refractivity contribution >= 4 is 64.6 Å². The molecule has 0 N–H and O–H groups in total. The number of fused-ring (bicyclic) bond motifs is 16. The standard InChI is InChI=1S/C53H30O/c1-2-14-38-36(12-1)37-13-3-4-15-39(37)43-28-33(23-25-40(38)43)34-24-26-41-46(29-34)53(44-16-5-7-18-48(44)54-49-19-8-6-17-45(49)53)47-30-35-21-20-31-10-9-11-32-22-27-42(52(41)47)51(35)50(31)32/h1-30H. The highest BCUT2D eigenvalue weighted by molar-refractivity contribution is 6.28. The predicted molar refractivity (Wildman–Crippen MR) is 225 cm³/mol. The van der Waals surface area contributed by atoms with Gasteiger partial charge in [0.1, 0.15) is 11.5 Å². The van der Waals surface area contributed by atoms with Crippen molar-refractivity contribution in [3.8, 4) is 33.8 Å². The fraction of sp³-hybridized carbons (Fsp3) is 0.0189. The summed E-state index contributed by atoms with van der Waals surface area (Å²) in [6.07, 6.45) is 0. The average Bonchev–Trinajstić information content (AvgIpc) is 3.52. The molecule has 13 rings (SSSR count). The Hall–Kier alpha value is -6.96. The lowest BCUT2D eigenvalue weighted by atomic mass is 9.65.